The number of nitrogens with zero attached hydrogens (tertiary/aromatic N) is 5. The van der Waals surface area contributed by atoms with Crippen LogP contribution in [0.4, 0.5) is 5.82 Å². The SMILES string of the molecule is Cc1cc([N+](=O)[O-])nn1C(C)C(=O)NCCCn1cc(Cl)cn1. The van der Waals surface area contributed by atoms with Crippen molar-refractivity contribution in [3.63, 3.8) is 0 Å². The van der Waals surface area contributed by atoms with Crippen molar-refractivity contribution in [2.45, 2.75) is 32.9 Å². The molecule has 2 heterocycles. The lowest BCUT2D eigenvalue weighted by molar-refractivity contribution is -0.389. The second-order valence-corrected chi connectivity index (χ2v) is 5.52. The summed E-state index contributed by atoms with van der Waals surface area (Å²) in [5.41, 5.74) is 0.561. The number of hydrogen-bond acceptors (Lipinski definition) is 5. The van der Waals surface area contributed by atoms with Gasteiger partial charge in [0, 0.05) is 19.3 Å². The lowest BCUT2D eigenvalue weighted by Gasteiger charge is -2.11. The number of rotatable bonds is 7. The number of carbonyl (C=O) groups excluding carboxylic acids is 1. The number of carbonyl (C=O) groups is 1. The molecule has 2 aromatic heterocycles. The van der Waals surface area contributed by atoms with E-state index in [9.17, 15) is 14.9 Å². The van der Waals surface area contributed by atoms with Crippen molar-refractivity contribution in [1.29, 1.82) is 0 Å². The van der Waals surface area contributed by atoms with Gasteiger partial charge in [-0.15, -0.1) is 0 Å². The standard InChI is InChI=1S/C13H17ClN6O3/c1-9-6-12(20(22)23)17-19(9)10(2)13(21)15-4-3-5-18-8-11(14)7-16-18/h6-8,10H,3-5H2,1-2H3,(H,15,21). The summed E-state index contributed by atoms with van der Waals surface area (Å²) in [4.78, 5) is 22.2. The van der Waals surface area contributed by atoms with Crippen molar-refractivity contribution >= 4 is 23.3 Å². The van der Waals surface area contributed by atoms with Gasteiger partial charge in [0.05, 0.1) is 28.1 Å². The van der Waals surface area contributed by atoms with Crippen LogP contribution < -0.4 is 5.32 Å². The topological polar surface area (TPSA) is 108 Å². The maximum Gasteiger partial charge on any atom is 0.390 e. The third kappa shape index (κ3) is 4.28. The van der Waals surface area contributed by atoms with Gasteiger partial charge in [0.2, 0.25) is 5.91 Å². The van der Waals surface area contributed by atoms with Gasteiger partial charge in [-0.2, -0.15) is 9.78 Å². The molecule has 1 N–H and O–H groups in total. The molecule has 0 bridgehead atoms. The van der Waals surface area contributed by atoms with Crippen molar-refractivity contribution in [3.8, 4) is 0 Å². The van der Waals surface area contributed by atoms with E-state index in [2.05, 4.69) is 15.5 Å². The number of halogens is 1. The molecule has 0 saturated heterocycles. The van der Waals surface area contributed by atoms with Gasteiger partial charge in [0.1, 0.15) is 6.04 Å². The molecule has 0 spiro atoms. The summed E-state index contributed by atoms with van der Waals surface area (Å²) in [5.74, 6) is -0.512. The maximum absolute atomic E-state index is 12.1. The van der Waals surface area contributed by atoms with Crippen LogP contribution in [0.1, 0.15) is 25.1 Å². The molecule has 0 aromatic carbocycles. The fourth-order valence-electron chi connectivity index (χ4n) is 2.12. The van der Waals surface area contributed by atoms with Gasteiger partial charge in [0.15, 0.2) is 0 Å². The highest BCUT2D eigenvalue weighted by Gasteiger charge is 2.24. The van der Waals surface area contributed by atoms with E-state index in [0.717, 1.165) is 0 Å². The first-order valence-electron chi connectivity index (χ1n) is 7.04. The van der Waals surface area contributed by atoms with Gasteiger partial charge < -0.3 is 15.4 Å². The van der Waals surface area contributed by atoms with Gasteiger partial charge in [-0.25, -0.2) is 0 Å². The summed E-state index contributed by atoms with van der Waals surface area (Å²) in [5, 5.41) is 21.9. The fraction of sp³-hybridized carbons (Fsp3) is 0.462. The minimum absolute atomic E-state index is 0.246. The van der Waals surface area contributed by atoms with E-state index in [1.807, 2.05) is 0 Å². The van der Waals surface area contributed by atoms with Gasteiger partial charge in [-0.1, -0.05) is 11.6 Å². The molecular formula is C13H17ClN6O3. The highest BCUT2D eigenvalue weighted by molar-refractivity contribution is 6.30. The van der Waals surface area contributed by atoms with Crippen LogP contribution in [0, 0.1) is 17.0 Å². The lowest BCUT2D eigenvalue weighted by atomic mass is 10.3. The van der Waals surface area contributed by atoms with Crippen LogP contribution in [0.2, 0.25) is 5.02 Å². The minimum Gasteiger partial charge on any atom is -0.358 e. The predicted octanol–water partition coefficient (Wildman–Crippen LogP) is 1.72. The minimum atomic E-state index is -0.622. The molecular weight excluding hydrogens is 324 g/mol. The van der Waals surface area contributed by atoms with Crippen LogP contribution in [0.25, 0.3) is 0 Å². The Balaban J connectivity index is 1.84. The van der Waals surface area contributed by atoms with Crippen molar-refractivity contribution in [1.82, 2.24) is 24.9 Å². The van der Waals surface area contributed by atoms with E-state index in [-0.39, 0.29) is 11.7 Å². The van der Waals surface area contributed by atoms with Crippen LogP contribution >= 0.6 is 11.6 Å². The maximum atomic E-state index is 12.1. The van der Waals surface area contributed by atoms with Gasteiger partial charge in [0.25, 0.3) is 0 Å². The first-order valence-corrected chi connectivity index (χ1v) is 7.42. The number of aromatic nitrogens is 4. The fourth-order valence-corrected chi connectivity index (χ4v) is 2.28. The molecule has 1 atom stereocenters. The molecule has 0 saturated carbocycles. The van der Waals surface area contributed by atoms with E-state index in [0.29, 0.717) is 30.2 Å². The second-order valence-electron chi connectivity index (χ2n) is 5.09. The number of nitrogens with one attached hydrogen (secondary N) is 1. The molecule has 1 unspecified atom stereocenters. The first kappa shape index (κ1) is 16.9. The lowest BCUT2D eigenvalue weighted by Crippen LogP contribution is -2.33. The van der Waals surface area contributed by atoms with Crippen LogP contribution in [-0.2, 0) is 11.3 Å². The summed E-state index contributed by atoms with van der Waals surface area (Å²) >= 11 is 5.76. The number of nitro groups is 1. The number of aryl methyl sites for hydroxylation is 2. The molecule has 124 valence electrons. The Hall–Kier alpha value is -2.42. The van der Waals surface area contributed by atoms with Crippen molar-refractivity contribution in [3.05, 3.63) is 39.3 Å². The Bertz CT molecular complexity index is 710. The molecule has 0 fully saturated rings. The van der Waals surface area contributed by atoms with E-state index < -0.39 is 11.0 Å². The first-order chi connectivity index (χ1) is 10.9. The van der Waals surface area contributed by atoms with Crippen molar-refractivity contribution in [2.24, 2.45) is 0 Å². The molecule has 23 heavy (non-hydrogen) atoms. The Morgan fingerprint density at radius 1 is 1.57 bits per heavy atom. The summed E-state index contributed by atoms with van der Waals surface area (Å²) in [6.07, 6.45) is 3.95. The summed E-state index contributed by atoms with van der Waals surface area (Å²) in [6, 6.07) is 0.716. The summed E-state index contributed by atoms with van der Waals surface area (Å²) < 4.78 is 3.04. The number of hydrogen-bond donors (Lipinski definition) is 1. The summed E-state index contributed by atoms with van der Waals surface area (Å²) in [6.45, 7) is 4.41. The molecule has 1 amide bonds. The van der Waals surface area contributed by atoms with Gasteiger partial charge >= 0.3 is 5.82 Å². The third-order valence-corrected chi connectivity index (χ3v) is 3.50. The molecule has 0 aliphatic rings. The van der Waals surface area contributed by atoms with E-state index in [4.69, 9.17) is 11.6 Å². The largest absolute Gasteiger partial charge is 0.390 e. The van der Waals surface area contributed by atoms with Crippen LogP contribution in [-0.4, -0.2) is 36.9 Å². The van der Waals surface area contributed by atoms with Crippen molar-refractivity contribution in [2.75, 3.05) is 6.54 Å². The zero-order chi connectivity index (χ0) is 17.0. The quantitative estimate of drug-likeness (QED) is 0.469. The smallest absolute Gasteiger partial charge is 0.358 e. The highest BCUT2D eigenvalue weighted by Crippen LogP contribution is 2.16. The highest BCUT2D eigenvalue weighted by atomic mass is 35.5. The average molecular weight is 341 g/mol. The Labute approximate surface area is 137 Å². The van der Waals surface area contributed by atoms with Crippen LogP contribution in [0.15, 0.2) is 18.5 Å². The predicted molar refractivity (Wildman–Crippen MR) is 83.2 cm³/mol. The molecule has 10 heteroatoms. The van der Waals surface area contributed by atoms with Gasteiger partial charge in [-0.3, -0.25) is 9.48 Å². The van der Waals surface area contributed by atoms with Crippen LogP contribution in [0.3, 0.4) is 0 Å². The zero-order valence-electron chi connectivity index (χ0n) is 12.8. The molecule has 9 nitrogen and oxygen atoms in total. The molecule has 0 aliphatic heterocycles. The van der Waals surface area contributed by atoms with E-state index >= 15 is 0 Å². The molecule has 0 aliphatic carbocycles. The Kier molecular flexibility index (Phi) is 5.32. The number of amides is 1. The third-order valence-electron chi connectivity index (χ3n) is 3.31. The van der Waals surface area contributed by atoms with Gasteiger partial charge in [-0.05, 0) is 25.2 Å². The molecule has 2 aromatic rings. The Morgan fingerprint density at radius 3 is 2.87 bits per heavy atom. The second kappa shape index (κ2) is 7.23. The summed E-state index contributed by atoms with van der Waals surface area (Å²) in [7, 11) is 0. The van der Waals surface area contributed by atoms with E-state index in [1.54, 1.807) is 30.9 Å². The molecule has 0 radical (unpaired) electrons. The monoisotopic (exact) mass is 340 g/mol. The molecule has 2 rings (SSSR count). The van der Waals surface area contributed by atoms with Crippen LogP contribution in [0.5, 0.6) is 0 Å². The normalized spacial score (nSPS) is 12.1. The van der Waals surface area contributed by atoms with E-state index in [1.165, 1.54) is 10.7 Å². The average Bonchev–Trinajstić information content (AvgIpc) is 3.08. The van der Waals surface area contributed by atoms with Crippen molar-refractivity contribution < 1.29 is 9.72 Å². The zero-order valence-corrected chi connectivity index (χ0v) is 13.5. The Morgan fingerprint density at radius 2 is 2.30 bits per heavy atom.